The fraction of sp³-hybridized carbons (Fsp3) is 0.154. The maximum absolute atomic E-state index is 10.1. The Morgan fingerprint density at radius 1 is 1.03 bits per heavy atom. The molecule has 6 nitrogen and oxygen atoms in total. The van der Waals surface area contributed by atoms with E-state index >= 15 is 0 Å². The SMILES string of the molecule is CC(C)(N)C(O)C#Cc1ccc2ncnc(Nc3ccc(Oc4cccc(Cl)c4)cc3)c2c1. The van der Waals surface area contributed by atoms with Crippen LogP contribution in [0.2, 0.25) is 5.02 Å². The van der Waals surface area contributed by atoms with Crippen LogP contribution < -0.4 is 15.8 Å². The predicted molar refractivity (Wildman–Crippen MR) is 132 cm³/mol. The molecule has 4 rings (SSSR count). The first kappa shape index (κ1) is 22.6. The van der Waals surface area contributed by atoms with Crippen molar-refractivity contribution < 1.29 is 9.84 Å². The lowest BCUT2D eigenvalue weighted by Crippen LogP contribution is -2.44. The Morgan fingerprint density at radius 2 is 1.82 bits per heavy atom. The molecule has 4 aromatic rings. The zero-order valence-corrected chi connectivity index (χ0v) is 19.0. The van der Waals surface area contributed by atoms with E-state index in [1.54, 1.807) is 26.0 Å². The number of hydrogen-bond acceptors (Lipinski definition) is 6. The van der Waals surface area contributed by atoms with E-state index in [0.29, 0.717) is 22.3 Å². The highest BCUT2D eigenvalue weighted by Crippen LogP contribution is 2.28. The van der Waals surface area contributed by atoms with Gasteiger partial charge in [0.1, 0.15) is 29.7 Å². The molecule has 1 aromatic heterocycles. The Bertz CT molecular complexity index is 1340. The summed E-state index contributed by atoms with van der Waals surface area (Å²) in [6.45, 7) is 3.46. The Hall–Kier alpha value is -3.63. The minimum atomic E-state index is -0.939. The van der Waals surface area contributed by atoms with Crippen molar-refractivity contribution in [1.29, 1.82) is 0 Å². The highest BCUT2D eigenvalue weighted by Gasteiger charge is 2.20. The van der Waals surface area contributed by atoms with E-state index in [-0.39, 0.29) is 0 Å². The van der Waals surface area contributed by atoms with E-state index < -0.39 is 11.6 Å². The Labute approximate surface area is 197 Å². The number of aromatic nitrogens is 2. The standard InChI is InChI=1S/C26H23ClN4O2/c1-26(2,28)24(32)13-7-17-6-12-23-22(14-17)25(30-16-29-23)31-19-8-10-20(11-9-19)33-21-5-3-4-18(27)15-21/h3-6,8-12,14-16,24,32H,28H2,1-2H3,(H,29,30,31). The molecule has 4 N–H and O–H groups in total. The molecule has 0 amide bonds. The van der Waals surface area contributed by atoms with E-state index in [1.807, 2.05) is 54.6 Å². The van der Waals surface area contributed by atoms with E-state index in [0.717, 1.165) is 22.2 Å². The molecule has 0 saturated heterocycles. The molecule has 0 radical (unpaired) electrons. The minimum absolute atomic E-state index is 0.617. The Morgan fingerprint density at radius 3 is 2.55 bits per heavy atom. The van der Waals surface area contributed by atoms with Crippen molar-refractivity contribution in [3.8, 4) is 23.3 Å². The molecule has 1 unspecified atom stereocenters. The van der Waals surface area contributed by atoms with Crippen molar-refractivity contribution in [2.24, 2.45) is 5.73 Å². The van der Waals surface area contributed by atoms with Gasteiger partial charge in [0, 0.05) is 27.2 Å². The highest BCUT2D eigenvalue weighted by molar-refractivity contribution is 6.30. The lowest BCUT2D eigenvalue weighted by atomic mass is 9.99. The number of fused-ring (bicyclic) bond motifs is 1. The minimum Gasteiger partial charge on any atom is -0.457 e. The molecule has 0 aliphatic heterocycles. The third-order valence-corrected chi connectivity index (χ3v) is 5.08. The molecule has 3 aromatic carbocycles. The average Bonchev–Trinajstić information content (AvgIpc) is 2.78. The maximum atomic E-state index is 10.1. The van der Waals surface area contributed by atoms with Crippen LogP contribution in [0.5, 0.6) is 11.5 Å². The zero-order valence-electron chi connectivity index (χ0n) is 18.2. The van der Waals surface area contributed by atoms with Crippen LogP contribution in [0.4, 0.5) is 11.5 Å². The molecule has 0 saturated carbocycles. The van der Waals surface area contributed by atoms with Gasteiger partial charge in [-0.05, 0) is 74.5 Å². The summed E-state index contributed by atoms with van der Waals surface area (Å²) in [4.78, 5) is 8.72. The van der Waals surface area contributed by atoms with Gasteiger partial charge >= 0.3 is 0 Å². The van der Waals surface area contributed by atoms with Crippen LogP contribution in [-0.4, -0.2) is 26.7 Å². The fourth-order valence-corrected chi connectivity index (χ4v) is 3.16. The van der Waals surface area contributed by atoms with Crippen LogP contribution in [0.1, 0.15) is 19.4 Å². The number of nitrogens with two attached hydrogens (primary N) is 1. The van der Waals surface area contributed by atoms with E-state index in [9.17, 15) is 5.11 Å². The van der Waals surface area contributed by atoms with Gasteiger partial charge < -0.3 is 20.9 Å². The predicted octanol–water partition coefficient (Wildman–Crippen LogP) is 5.27. The largest absolute Gasteiger partial charge is 0.457 e. The number of aliphatic hydroxyl groups is 1. The van der Waals surface area contributed by atoms with Gasteiger partial charge in [0.15, 0.2) is 0 Å². The van der Waals surface area contributed by atoms with Crippen LogP contribution in [0.3, 0.4) is 0 Å². The average molecular weight is 459 g/mol. The molecule has 166 valence electrons. The van der Waals surface area contributed by atoms with Gasteiger partial charge in [-0.15, -0.1) is 0 Å². The summed E-state index contributed by atoms with van der Waals surface area (Å²) in [5.74, 6) is 7.78. The maximum Gasteiger partial charge on any atom is 0.141 e. The summed E-state index contributed by atoms with van der Waals surface area (Å²) in [6, 6.07) is 20.4. The lowest BCUT2D eigenvalue weighted by Gasteiger charge is -2.20. The number of aliphatic hydroxyl groups excluding tert-OH is 1. The molecule has 1 atom stereocenters. The molecule has 0 spiro atoms. The van der Waals surface area contributed by atoms with Crippen molar-refractivity contribution in [3.63, 3.8) is 0 Å². The second-order valence-electron chi connectivity index (χ2n) is 8.16. The molecule has 0 bridgehead atoms. The van der Waals surface area contributed by atoms with Crippen LogP contribution in [0.15, 0.2) is 73.1 Å². The van der Waals surface area contributed by atoms with Gasteiger partial charge in [-0.1, -0.05) is 29.5 Å². The van der Waals surface area contributed by atoms with Gasteiger partial charge in [0.25, 0.3) is 0 Å². The van der Waals surface area contributed by atoms with Crippen molar-refractivity contribution in [2.75, 3.05) is 5.32 Å². The molecule has 0 aliphatic carbocycles. The summed E-state index contributed by atoms with van der Waals surface area (Å²) in [6.07, 6.45) is 0.568. The molecule has 0 fully saturated rings. The van der Waals surface area contributed by atoms with Crippen LogP contribution in [0.25, 0.3) is 10.9 Å². The van der Waals surface area contributed by atoms with E-state index in [1.165, 1.54) is 6.33 Å². The van der Waals surface area contributed by atoms with Gasteiger partial charge in [-0.2, -0.15) is 0 Å². The van der Waals surface area contributed by atoms with Gasteiger partial charge in [-0.3, -0.25) is 0 Å². The molecule has 33 heavy (non-hydrogen) atoms. The zero-order chi connectivity index (χ0) is 23.4. The highest BCUT2D eigenvalue weighted by atomic mass is 35.5. The molecular weight excluding hydrogens is 436 g/mol. The second kappa shape index (κ2) is 9.47. The first-order valence-corrected chi connectivity index (χ1v) is 10.7. The number of halogens is 1. The lowest BCUT2D eigenvalue weighted by molar-refractivity contribution is 0.157. The number of hydrogen-bond donors (Lipinski definition) is 3. The Kier molecular flexibility index (Phi) is 6.47. The summed E-state index contributed by atoms with van der Waals surface area (Å²) < 4.78 is 5.84. The number of nitrogens with one attached hydrogen (secondary N) is 1. The molecule has 7 heteroatoms. The third kappa shape index (κ3) is 5.79. The monoisotopic (exact) mass is 458 g/mol. The van der Waals surface area contributed by atoms with Crippen LogP contribution >= 0.6 is 11.6 Å². The summed E-state index contributed by atoms with van der Waals surface area (Å²) >= 11 is 6.01. The number of benzene rings is 3. The van der Waals surface area contributed by atoms with Crippen molar-refractivity contribution in [3.05, 3.63) is 83.6 Å². The van der Waals surface area contributed by atoms with Crippen molar-refractivity contribution in [1.82, 2.24) is 9.97 Å². The molecule has 1 heterocycles. The smallest absolute Gasteiger partial charge is 0.141 e. The van der Waals surface area contributed by atoms with Gasteiger partial charge in [0.05, 0.1) is 5.52 Å². The van der Waals surface area contributed by atoms with E-state index in [2.05, 4.69) is 27.1 Å². The first-order valence-electron chi connectivity index (χ1n) is 10.3. The number of nitrogens with zero attached hydrogens (tertiary/aromatic N) is 2. The first-order chi connectivity index (χ1) is 15.8. The van der Waals surface area contributed by atoms with Crippen LogP contribution in [0, 0.1) is 11.8 Å². The van der Waals surface area contributed by atoms with Crippen molar-refractivity contribution >= 4 is 34.0 Å². The topological polar surface area (TPSA) is 93.3 Å². The quantitative estimate of drug-likeness (QED) is 0.353. The van der Waals surface area contributed by atoms with E-state index in [4.69, 9.17) is 22.1 Å². The number of ether oxygens (including phenoxy) is 1. The van der Waals surface area contributed by atoms with Crippen molar-refractivity contribution in [2.45, 2.75) is 25.5 Å². The Balaban J connectivity index is 1.55. The molecular formula is C26H23ClN4O2. The van der Waals surface area contributed by atoms with Gasteiger partial charge in [0.2, 0.25) is 0 Å². The summed E-state index contributed by atoms with van der Waals surface area (Å²) in [5, 5.41) is 14.8. The number of rotatable bonds is 5. The van der Waals surface area contributed by atoms with Gasteiger partial charge in [-0.25, -0.2) is 9.97 Å². The summed E-state index contributed by atoms with van der Waals surface area (Å²) in [7, 11) is 0. The molecule has 0 aliphatic rings. The number of anilines is 2. The third-order valence-electron chi connectivity index (χ3n) is 4.84. The second-order valence-corrected chi connectivity index (χ2v) is 8.59. The summed E-state index contributed by atoms with van der Waals surface area (Å²) in [5.41, 5.74) is 7.45. The van der Waals surface area contributed by atoms with Crippen LogP contribution in [-0.2, 0) is 0 Å². The fourth-order valence-electron chi connectivity index (χ4n) is 2.98. The normalized spacial score (nSPS) is 12.0.